The fourth-order valence-electron chi connectivity index (χ4n) is 3.06. The topological polar surface area (TPSA) is 62.3 Å². The van der Waals surface area contributed by atoms with Gasteiger partial charge in [0.25, 0.3) is 5.91 Å². The largest absolute Gasteiger partial charge is 0.325 e. The molecule has 21 heavy (non-hydrogen) atoms. The second-order valence-electron chi connectivity index (χ2n) is 6.46. The Kier molecular flexibility index (Phi) is 3.73. The molecule has 3 rings (SSSR count). The first-order valence-electron chi connectivity index (χ1n) is 7.56. The van der Waals surface area contributed by atoms with Crippen LogP contribution in [0.4, 0.5) is 4.79 Å². The maximum Gasteiger partial charge on any atom is 0.325 e. The van der Waals surface area contributed by atoms with Crippen LogP contribution in [-0.4, -0.2) is 27.4 Å². The number of imide groups is 1. The first kappa shape index (κ1) is 14.5. The van der Waals surface area contributed by atoms with Gasteiger partial charge in [-0.15, -0.1) is 11.3 Å². The van der Waals surface area contributed by atoms with Gasteiger partial charge < -0.3 is 5.32 Å². The van der Waals surface area contributed by atoms with Crippen LogP contribution in [0.1, 0.15) is 62.6 Å². The van der Waals surface area contributed by atoms with Crippen molar-refractivity contribution in [1.82, 2.24) is 15.2 Å². The second kappa shape index (κ2) is 5.40. The van der Waals surface area contributed by atoms with Crippen LogP contribution in [0.15, 0.2) is 5.38 Å². The van der Waals surface area contributed by atoms with Gasteiger partial charge in [-0.25, -0.2) is 9.78 Å². The van der Waals surface area contributed by atoms with Gasteiger partial charge in [0.2, 0.25) is 0 Å². The van der Waals surface area contributed by atoms with E-state index in [-0.39, 0.29) is 18.5 Å². The molecule has 5 nitrogen and oxygen atoms in total. The Morgan fingerprint density at radius 1 is 1.33 bits per heavy atom. The van der Waals surface area contributed by atoms with E-state index in [1.165, 1.54) is 37.0 Å². The molecule has 0 aromatic carbocycles. The van der Waals surface area contributed by atoms with Crippen LogP contribution in [-0.2, 0) is 11.3 Å². The highest BCUT2D eigenvalue weighted by Gasteiger charge is 2.44. The molecule has 6 heteroatoms. The molecular formula is C15H21N3O2S. The average molecular weight is 307 g/mol. The van der Waals surface area contributed by atoms with Crippen molar-refractivity contribution in [3.05, 3.63) is 16.1 Å². The molecule has 1 aliphatic carbocycles. The second-order valence-corrected chi connectivity index (χ2v) is 7.35. The van der Waals surface area contributed by atoms with E-state index in [1.807, 2.05) is 5.38 Å². The summed E-state index contributed by atoms with van der Waals surface area (Å²) in [4.78, 5) is 30.0. The number of amides is 3. The van der Waals surface area contributed by atoms with E-state index in [4.69, 9.17) is 0 Å². The third-order valence-corrected chi connectivity index (χ3v) is 5.34. The molecule has 0 atom stereocenters. The minimum atomic E-state index is -0.806. The van der Waals surface area contributed by atoms with Crippen molar-refractivity contribution in [3.63, 3.8) is 0 Å². The standard InChI is InChI=1S/C15H21N3O2S/c1-15(2)13(19)18(14(20)17-15)8-11-9-21-12(16-11)10-6-4-3-5-7-10/h9-10H,3-8H2,1-2H3,(H,17,20). The lowest BCUT2D eigenvalue weighted by atomic mass is 9.90. The number of aromatic nitrogens is 1. The lowest BCUT2D eigenvalue weighted by Crippen LogP contribution is -2.40. The van der Waals surface area contributed by atoms with Crippen LogP contribution in [0.2, 0.25) is 0 Å². The third kappa shape index (κ3) is 2.81. The molecule has 0 bridgehead atoms. The number of thiazole rings is 1. The highest BCUT2D eigenvalue weighted by atomic mass is 32.1. The molecule has 3 amide bonds. The van der Waals surface area contributed by atoms with Gasteiger partial charge in [-0.3, -0.25) is 9.69 Å². The highest BCUT2D eigenvalue weighted by Crippen LogP contribution is 2.34. The summed E-state index contributed by atoms with van der Waals surface area (Å²) < 4.78 is 0. The predicted molar refractivity (Wildman–Crippen MR) is 81.1 cm³/mol. The maximum absolute atomic E-state index is 12.2. The number of carbonyl (C=O) groups is 2. The first-order valence-corrected chi connectivity index (χ1v) is 8.44. The van der Waals surface area contributed by atoms with Crippen LogP contribution >= 0.6 is 11.3 Å². The van der Waals surface area contributed by atoms with Crippen molar-refractivity contribution in [1.29, 1.82) is 0 Å². The van der Waals surface area contributed by atoms with E-state index in [0.29, 0.717) is 5.92 Å². The predicted octanol–water partition coefficient (Wildman–Crippen LogP) is 3.02. The minimum Gasteiger partial charge on any atom is -0.324 e. The zero-order chi connectivity index (χ0) is 15.0. The number of urea groups is 1. The van der Waals surface area contributed by atoms with Crippen LogP contribution in [0.5, 0.6) is 0 Å². The lowest BCUT2D eigenvalue weighted by molar-refractivity contribution is -0.130. The van der Waals surface area contributed by atoms with E-state index < -0.39 is 5.54 Å². The minimum absolute atomic E-state index is 0.181. The first-order chi connectivity index (χ1) is 9.97. The molecule has 1 aromatic rings. The van der Waals surface area contributed by atoms with Gasteiger partial charge in [0, 0.05) is 11.3 Å². The molecule has 0 spiro atoms. The van der Waals surface area contributed by atoms with Crippen molar-refractivity contribution in [3.8, 4) is 0 Å². The summed E-state index contributed by atoms with van der Waals surface area (Å²) >= 11 is 1.66. The molecule has 0 unspecified atom stereocenters. The molecule has 0 radical (unpaired) electrons. The Morgan fingerprint density at radius 2 is 2.05 bits per heavy atom. The summed E-state index contributed by atoms with van der Waals surface area (Å²) in [5, 5.41) is 5.84. The summed E-state index contributed by atoms with van der Waals surface area (Å²) in [7, 11) is 0. The van der Waals surface area contributed by atoms with Crippen molar-refractivity contribution in [2.24, 2.45) is 0 Å². The molecule has 1 N–H and O–H groups in total. The summed E-state index contributed by atoms with van der Waals surface area (Å²) in [6.07, 6.45) is 6.31. The van der Waals surface area contributed by atoms with Crippen molar-refractivity contribution in [2.75, 3.05) is 0 Å². The van der Waals surface area contributed by atoms with E-state index in [0.717, 1.165) is 10.7 Å². The summed E-state index contributed by atoms with van der Waals surface area (Å²) in [5.74, 6) is 0.386. The van der Waals surface area contributed by atoms with E-state index in [1.54, 1.807) is 25.2 Å². The van der Waals surface area contributed by atoms with Gasteiger partial charge >= 0.3 is 6.03 Å². The molecular weight excluding hydrogens is 286 g/mol. The zero-order valence-electron chi connectivity index (χ0n) is 12.5. The van der Waals surface area contributed by atoms with Gasteiger partial charge in [-0.05, 0) is 26.7 Å². The zero-order valence-corrected chi connectivity index (χ0v) is 13.3. The SMILES string of the molecule is CC1(C)NC(=O)N(Cc2csc(C3CCCCC3)n2)C1=O. The van der Waals surface area contributed by atoms with Crippen LogP contribution in [0, 0.1) is 0 Å². The van der Waals surface area contributed by atoms with Gasteiger partial charge in [0.15, 0.2) is 0 Å². The molecule has 2 fully saturated rings. The molecule has 2 aliphatic rings. The normalized spacial score (nSPS) is 22.7. The molecule has 1 aromatic heterocycles. The Bertz CT molecular complexity index is 561. The van der Waals surface area contributed by atoms with Crippen molar-refractivity contribution < 1.29 is 9.59 Å². The van der Waals surface area contributed by atoms with Gasteiger partial charge in [0.05, 0.1) is 17.2 Å². The number of carbonyl (C=O) groups excluding carboxylic acids is 2. The van der Waals surface area contributed by atoms with Crippen LogP contribution < -0.4 is 5.32 Å². The van der Waals surface area contributed by atoms with Crippen molar-refractivity contribution in [2.45, 2.75) is 64.0 Å². The Labute approximate surface area is 128 Å². The molecule has 1 saturated heterocycles. The number of nitrogens with zero attached hydrogens (tertiary/aromatic N) is 2. The number of rotatable bonds is 3. The molecule has 1 saturated carbocycles. The van der Waals surface area contributed by atoms with Crippen molar-refractivity contribution >= 4 is 23.3 Å². The highest BCUT2D eigenvalue weighted by molar-refractivity contribution is 7.09. The fourth-order valence-corrected chi connectivity index (χ4v) is 4.04. The lowest BCUT2D eigenvalue weighted by Gasteiger charge is -2.19. The van der Waals surface area contributed by atoms with Gasteiger partial charge in [0.1, 0.15) is 5.54 Å². The van der Waals surface area contributed by atoms with Crippen LogP contribution in [0.25, 0.3) is 0 Å². The monoisotopic (exact) mass is 307 g/mol. The van der Waals surface area contributed by atoms with E-state index in [2.05, 4.69) is 10.3 Å². The van der Waals surface area contributed by atoms with Gasteiger partial charge in [-0.1, -0.05) is 19.3 Å². The maximum atomic E-state index is 12.2. The Hall–Kier alpha value is -1.43. The van der Waals surface area contributed by atoms with E-state index >= 15 is 0 Å². The molecule has 2 heterocycles. The van der Waals surface area contributed by atoms with Gasteiger partial charge in [-0.2, -0.15) is 0 Å². The number of nitrogens with one attached hydrogen (secondary N) is 1. The average Bonchev–Trinajstić information content (AvgIpc) is 2.99. The quantitative estimate of drug-likeness (QED) is 0.873. The van der Waals surface area contributed by atoms with E-state index in [9.17, 15) is 9.59 Å². The molecule has 114 valence electrons. The Morgan fingerprint density at radius 3 is 2.67 bits per heavy atom. The summed E-state index contributed by atoms with van der Waals surface area (Å²) in [5.41, 5.74) is 0.0148. The third-order valence-electron chi connectivity index (χ3n) is 4.29. The van der Waals surface area contributed by atoms with Crippen LogP contribution in [0.3, 0.4) is 0 Å². The number of hydrogen-bond donors (Lipinski definition) is 1. The summed E-state index contributed by atoms with van der Waals surface area (Å²) in [6, 6.07) is -0.322. The summed E-state index contributed by atoms with van der Waals surface area (Å²) in [6.45, 7) is 3.72. The smallest absolute Gasteiger partial charge is 0.324 e. The number of hydrogen-bond acceptors (Lipinski definition) is 4. The Balaban J connectivity index is 1.70. The molecule has 1 aliphatic heterocycles. The fraction of sp³-hybridized carbons (Fsp3) is 0.667.